The molecule has 1 unspecified atom stereocenters. The van der Waals surface area contributed by atoms with Crippen molar-refractivity contribution in [3.63, 3.8) is 0 Å². The highest BCUT2D eigenvalue weighted by Crippen LogP contribution is 2.21. The summed E-state index contributed by atoms with van der Waals surface area (Å²) in [6.07, 6.45) is 3.62. The summed E-state index contributed by atoms with van der Waals surface area (Å²) in [6, 6.07) is 1.80. The molecule has 0 saturated heterocycles. The first-order chi connectivity index (χ1) is 10.0. The van der Waals surface area contributed by atoms with Gasteiger partial charge in [0.15, 0.2) is 0 Å². The number of hydrogen-bond donors (Lipinski definition) is 2. The van der Waals surface area contributed by atoms with Gasteiger partial charge in [0.05, 0.1) is 0 Å². The number of carbonyl (C=O) groups is 1. The van der Waals surface area contributed by atoms with Crippen LogP contribution in [0.2, 0.25) is 0 Å². The minimum absolute atomic E-state index is 0. The fraction of sp³-hybridized carbons (Fsp3) is 0.625. The van der Waals surface area contributed by atoms with E-state index in [4.69, 9.17) is 10.2 Å². The normalized spacial score (nSPS) is 11.6. The van der Waals surface area contributed by atoms with E-state index in [9.17, 15) is 9.59 Å². The Hall–Kier alpha value is -1.33. The van der Waals surface area contributed by atoms with E-state index in [0.29, 0.717) is 24.4 Å². The molecule has 0 saturated carbocycles. The van der Waals surface area contributed by atoms with Crippen LogP contribution in [-0.2, 0) is 0 Å². The Labute approximate surface area is 138 Å². The maximum absolute atomic E-state index is 12.1. The van der Waals surface area contributed by atoms with E-state index in [1.54, 1.807) is 13.0 Å². The molecule has 0 aliphatic heterocycles. The summed E-state index contributed by atoms with van der Waals surface area (Å²) in [5.74, 6) is 0.468. The number of unbranched alkanes of at least 4 members (excludes halogenated alkanes) is 1. The zero-order chi connectivity index (χ0) is 15.8. The molecule has 1 atom stereocenters. The van der Waals surface area contributed by atoms with E-state index in [0.717, 1.165) is 25.7 Å². The molecule has 0 aliphatic rings. The van der Waals surface area contributed by atoms with Gasteiger partial charge in [-0.05, 0) is 44.4 Å². The van der Waals surface area contributed by atoms with Crippen molar-refractivity contribution in [2.24, 2.45) is 5.73 Å². The van der Waals surface area contributed by atoms with E-state index in [-0.39, 0.29) is 29.8 Å². The summed E-state index contributed by atoms with van der Waals surface area (Å²) in [5.41, 5.74) is 5.62. The van der Waals surface area contributed by atoms with Crippen LogP contribution in [0.4, 0.5) is 0 Å². The molecule has 5 nitrogen and oxygen atoms in total. The van der Waals surface area contributed by atoms with E-state index in [1.807, 2.05) is 6.92 Å². The number of amides is 1. The lowest BCUT2D eigenvalue weighted by Gasteiger charge is -2.11. The SMILES string of the molecule is CCCC(C)c1cc(C)c(C(=O)NCCCCN)c(=O)o1.Cl. The molecule has 0 aliphatic carbocycles. The van der Waals surface area contributed by atoms with E-state index in [2.05, 4.69) is 12.2 Å². The summed E-state index contributed by atoms with van der Waals surface area (Å²) in [5, 5.41) is 2.73. The average Bonchev–Trinajstić information content (AvgIpc) is 2.43. The Morgan fingerprint density at radius 3 is 2.64 bits per heavy atom. The van der Waals surface area contributed by atoms with Gasteiger partial charge in [0, 0.05) is 12.5 Å². The molecule has 0 spiro atoms. The Bertz CT molecular complexity index is 529. The Morgan fingerprint density at radius 1 is 1.41 bits per heavy atom. The van der Waals surface area contributed by atoms with E-state index >= 15 is 0 Å². The number of hydrogen-bond acceptors (Lipinski definition) is 4. The van der Waals surface area contributed by atoms with Crippen molar-refractivity contribution in [1.82, 2.24) is 5.32 Å². The third-order valence-corrected chi connectivity index (χ3v) is 3.52. The molecule has 0 radical (unpaired) electrons. The Balaban J connectivity index is 0.00000441. The highest BCUT2D eigenvalue weighted by atomic mass is 35.5. The number of carbonyl (C=O) groups excluding carboxylic acids is 1. The number of rotatable bonds is 8. The molecule has 1 aromatic heterocycles. The van der Waals surface area contributed by atoms with Crippen LogP contribution in [0.15, 0.2) is 15.3 Å². The third kappa shape index (κ3) is 5.81. The first-order valence-electron chi connectivity index (χ1n) is 7.64. The number of aryl methyl sites for hydroxylation is 1. The van der Waals surface area contributed by atoms with Crippen molar-refractivity contribution in [1.29, 1.82) is 0 Å². The quantitative estimate of drug-likeness (QED) is 0.718. The van der Waals surface area contributed by atoms with Gasteiger partial charge in [-0.3, -0.25) is 4.79 Å². The van der Waals surface area contributed by atoms with Crippen molar-refractivity contribution in [2.75, 3.05) is 13.1 Å². The highest BCUT2D eigenvalue weighted by Gasteiger charge is 2.18. The van der Waals surface area contributed by atoms with E-state index in [1.165, 1.54) is 0 Å². The third-order valence-electron chi connectivity index (χ3n) is 3.52. The maximum Gasteiger partial charge on any atom is 0.349 e. The second kappa shape index (κ2) is 10.4. The van der Waals surface area contributed by atoms with E-state index < -0.39 is 5.63 Å². The molecule has 1 heterocycles. The van der Waals surface area contributed by atoms with Gasteiger partial charge in [-0.1, -0.05) is 20.3 Å². The van der Waals surface area contributed by atoms with Crippen LogP contribution < -0.4 is 16.7 Å². The molecule has 0 fully saturated rings. The maximum atomic E-state index is 12.1. The molecule has 1 rings (SSSR count). The summed E-state index contributed by atoms with van der Waals surface area (Å²) in [7, 11) is 0. The molecule has 1 aromatic rings. The summed E-state index contributed by atoms with van der Waals surface area (Å²) >= 11 is 0. The van der Waals surface area contributed by atoms with Crippen molar-refractivity contribution in [3.05, 3.63) is 33.4 Å². The molecular formula is C16H27ClN2O3. The molecule has 22 heavy (non-hydrogen) atoms. The first-order valence-corrected chi connectivity index (χ1v) is 7.64. The van der Waals surface area contributed by atoms with Crippen LogP contribution in [0.25, 0.3) is 0 Å². The van der Waals surface area contributed by atoms with Crippen molar-refractivity contribution >= 4 is 18.3 Å². The lowest BCUT2D eigenvalue weighted by molar-refractivity contribution is 0.0948. The lowest BCUT2D eigenvalue weighted by atomic mass is 10.0. The standard InChI is InChI=1S/C16H26N2O3.ClH/c1-4-7-11(2)13-10-12(3)14(16(20)21-13)15(19)18-9-6-5-8-17;/h10-11H,4-9,17H2,1-3H3,(H,18,19);1H. The highest BCUT2D eigenvalue weighted by molar-refractivity contribution is 5.95. The Kier molecular flexibility index (Phi) is 9.78. The molecule has 3 N–H and O–H groups in total. The van der Waals surface area contributed by atoms with Gasteiger partial charge in [0.1, 0.15) is 11.3 Å². The van der Waals surface area contributed by atoms with Crippen molar-refractivity contribution < 1.29 is 9.21 Å². The Morgan fingerprint density at radius 2 is 2.09 bits per heavy atom. The molecular weight excluding hydrogens is 304 g/mol. The first kappa shape index (κ1) is 20.7. The second-order valence-electron chi connectivity index (χ2n) is 5.44. The fourth-order valence-corrected chi connectivity index (χ4v) is 2.28. The van der Waals surface area contributed by atoms with Crippen LogP contribution >= 0.6 is 12.4 Å². The van der Waals surface area contributed by atoms with Crippen LogP contribution in [0.5, 0.6) is 0 Å². The van der Waals surface area contributed by atoms with Gasteiger partial charge in [0.2, 0.25) is 0 Å². The lowest BCUT2D eigenvalue weighted by Crippen LogP contribution is -2.30. The van der Waals surface area contributed by atoms with Crippen LogP contribution in [-0.4, -0.2) is 19.0 Å². The summed E-state index contributed by atoms with van der Waals surface area (Å²) in [4.78, 5) is 24.1. The summed E-state index contributed by atoms with van der Waals surface area (Å²) in [6.45, 7) is 7.00. The predicted octanol–water partition coefficient (Wildman–Crippen LogP) is 2.74. The fourth-order valence-electron chi connectivity index (χ4n) is 2.28. The minimum atomic E-state index is -0.552. The number of halogens is 1. The molecule has 0 bridgehead atoms. The van der Waals surface area contributed by atoms with Gasteiger partial charge in [-0.2, -0.15) is 0 Å². The zero-order valence-electron chi connectivity index (χ0n) is 13.6. The molecule has 1 amide bonds. The largest absolute Gasteiger partial charge is 0.427 e. The van der Waals surface area contributed by atoms with Crippen molar-refractivity contribution in [3.8, 4) is 0 Å². The second-order valence-corrected chi connectivity index (χ2v) is 5.44. The molecule has 0 aromatic carbocycles. The van der Waals surface area contributed by atoms with Gasteiger partial charge in [0.25, 0.3) is 5.91 Å². The molecule has 126 valence electrons. The van der Waals surface area contributed by atoms with Gasteiger partial charge >= 0.3 is 5.63 Å². The van der Waals surface area contributed by atoms with Crippen LogP contribution in [0, 0.1) is 6.92 Å². The van der Waals surface area contributed by atoms with Crippen LogP contribution in [0.3, 0.4) is 0 Å². The number of nitrogens with one attached hydrogen (secondary N) is 1. The minimum Gasteiger partial charge on any atom is -0.427 e. The average molecular weight is 331 g/mol. The molecule has 6 heteroatoms. The summed E-state index contributed by atoms with van der Waals surface area (Å²) < 4.78 is 5.32. The van der Waals surface area contributed by atoms with Gasteiger partial charge in [-0.15, -0.1) is 12.4 Å². The van der Waals surface area contributed by atoms with Gasteiger partial charge in [-0.25, -0.2) is 4.79 Å². The topological polar surface area (TPSA) is 85.3 Å². The monoisotopic (exact) mass is 330 g/mol. The smallest absolute Gasteiger partial charge is 0.349 e. The number of nitrogens with two attached hydrogens (primary N) is 1. The predicted molar refractivity (Wildman–Crippen MR) is 90.9 cm³/mol. The zero-order valence-corrected chi connectivity index (χ0v) is 14.4. The van der Waals surface area contributed by atoms with Crippen LogP contribution in [0.1, 0.15) is 67.1 Å². The van der Waals surface area contributed by atoms with Crippen molar-refractivity contribution in [2.45, 2.75) is 52.4 Å². The van der Waals surface area contributed by atoms with Gasteiger partial charge < -0.3 is 15.5 Å².